The van der Waals surface area contributed by atoms with Gasteiger partial charge in [-0.3, -0.25) is 0 Å². The SMILES string of the molecule is CC(CO)(Cc1ccc(O)cc1)NC(=O)OCc1ccccc1. The van der Waals surface area contributed by atoms with Gasteiger partial charge in [0, 0.05) is 0 Å². The molecule has 5 nitrogen and oxygen atoms in total. The smallest absolute Gasteiger partial charge is 0.407 e. The molecule has 2 rings (SSSR count). The van der Waals surface area contributed by atoms with Crippen LogP contribution >= 0.6 is 0 Å². The number of phenols is 1. The van der Waals surface area contributed by atoms with E-state index in [4.69, 9.17) is 4.74 Å². The second kappa shape index (κ2) is 7.65. The number of nitrogens with one attached hydrogen (secondary N) is 1. The fourth-order valence-corrected chi connectivity index (χ4v) is 2.21. The Morgan fingerprint density at radius 1 is 1.09 bits per heavy atom. The molecule has 2 aromatic rings. The Hall–Kier alpha value is -2.53. The van der Waals surface area contributed by atoms with E-state index >= 15 is 0 Å². The zero-order valence-corrected chi connectivity index (χ0v) is 13.0. The minimum atomic E-state index is -0.843. The van der Waals surface area contributed by atoms with Gasteiger partial charge in [-0.15, -0.1) is 0 Å². The molecule has 3 N–H and O–H groups in total. The Balaban J connectivity index is 1.91. The van der Waals surface area contributed by atoms with Crippen LogP contribution < -0.4 is 5.32 Å². The lowest BCUT2D eigenvalue weighted by Gasteiger charge is -2.28. The predicted molar refractivity (Wildman–Crippen MR) is 87.1 cm³/mol. The molecule has 0 fully saturated rings. The van der Waals surface area contributed by atoms with Crippen molar-refractivity contribution >= 4 is 6.09 Å². The third-order valence-corrected chi connectivity index (χ3v) is 3.50. The van der Waals surface area contributed by atoms with E-state index in [-0.39, 0.29) is 19.0 Å². The van der Waals surface area contributed by atoms with Gasteiger partial charge < -0.3 is 20.3 Å². The summed E-state index contributed by atoms with van der Waals surface area (Å²) in [5, 5.41) is 21.6. The summed E-state index contributed by atoms with van der Waals surface area (Å²) in [6.45, 7) is 1.69. The molecular weight excluding hydrogens is 294 g/mol. The summed E-state index contributed by atoms with van der Waals surface area (Å²) >= 11 is 0. The average Bonchev–Trinajstić information content (AvgIpc) is 2.56. The highest BCUT2D eigenvalue weighted by Gasteiger charge is 2.26. The fourth-order valence-electron chi connectivity index (χ4n) is 2.21. The van der Waals surface area contributed by atoms with Crippen molar-refractivity contribution in [1.29, 1.82) is 0 Å². The zero-order valence-electron chi connectivity index (χ0n) is 13.0. The first-order chi connectivity index (χ1) is 11.0. The van der Waals surface area contributed by atoms with Gasteiger partial charge in [0.2, 0.25) is 0 Å². The summed E-state index contributed by atoms with van der Waals surface area (Å²) in [6.07, 6.45) is -0.159. The Labute approximate surface area is 135 Å². The van der Waals surface area contributed by atoms with Gasteiger partial charge in [-0.2, -0.15) is 0 Å². The summed E-state index contributed by atoms with van der Waals surface area (Å²) in [5.74, 6) is 0.176. The van der Waals surface area contributed by atoms with Crippen molar-refractivity contribution in [1.82, 2.24) is 5.32 Å². The van der Waals surface area contributed by atoms with Crippen molar-refractivity contribution in [2.75, 3.05) is 6.61 Å². The second-order valence-corrected chi connectivity index (χ2v) is 5.75. The average molecular weight is 315 g/mol. The number of hydrogen-bond donors (Lipinski definition) is 3. The van der Waals surface area contributed by atoms with E-state index in [1.165, 1.54) is 0 Å². The number of rotatable bonds is 6. The third-order valence-electron chi connectivity index (χ3n) is 3.50. The lowest BCUT2D eigenvalue weighted by atomic mass is 9.94. The number of alkyl carbamates (subject to hydrolysis) is 1. The highest BCUT2D eigenvalue weighted by atomic mass is 16.5. The van der Waals surface area contributed by atoms with Crippen LogP contribution in [0.3, 0.4) is 0 Å². The summed E-state index contributed by atoms with van der Waals surface area (Å²) in [4.78, 5) is 12.0. The lowest BCUT2D eigenvalue weighted by molar-refractivity contribution is 0.111. The molecule has 23 heavy (non-hydrogen) atoms. The molecule has 2 aromatic carbocycles. The van der Waals surface area contributed by atoms with Crippen LogP contribution in [0.25, 0.3) is 0 Å². The van der Waals surface area contributed by atoms with Crippen LogP contribution in [-0.2, 0) is 17.8 Å². The Kier molecular flexibility index (Phi) is 5.60. The number of benzene rings is 2. The number of aromatic hydroxyl groups is 1. The van der Waals surface area contributed by atoms with Crippen LogP contribution in [0, 0.1) is 0 Å². The highest BCUT2D eigenvalue weighted by Crippen LogP contribution is 2.16. The molecule has 0 aliphatic rings. The maximum absolute atomic E-state index is 12.0. The van der Waals surface area contributed by atoms with Gasteiger partial charge in [0.1, 0.15) is 12.4 Å². The molecule has 5 heteroatoms. The number of phenolic OH excluding ortho intramolecular Hbond substituents is 1. The lowest BCUT2D eigenvalue weighted by Crippen LogP contribution is -2.50. The molecule has 1 unspecified atom stereocenters. The van der Waals surface area contributed by atoms with E-state index in [1.54, 1.807) is 31.2 Å². The third kappa shape index (κ3) is 5.30. The van der Waals surface area contributed by atoms with E-state index in [0.29, 0.717) is 6.42 Å². The van der Waals surface area contributed by atoms with Gasteiger partial charge in [0.15, 0.2) is 0 Å². The molecule has 0 saturated carbocycles. The van der Waals surface area contributed by atoms with Crippen molar-refractivity contribution in [3.63, 3.8) is 0 Å². The molecule has 0 aliphatic carbocycles. The van der Waals surface area contributed by atoms with Crippen LogP contribution in [0.5, 0.6) is 5.75 Å². The van der Waals surface area contributed by atoms with Gasteiger partial charge >= 0.3 is 6.09 Å². The summed E-state index contributed by atoms with van der Waals surface area (Å²) < 4.78 is 5.18. The molecular formula is C18H21NO4. The highest BCUT2D eigenvalue weighted by molar-refractivity contribution is 5.68. The first kappa shape index (κ1) is 16.8. The van der Waals surface area contributed by atoms with E-state index in [2.05, 4.69) is 5.32 Å². The number of carbonyl (C=O) groups excluding carboxylic acids is 1. The van der Waals surface area contributed by atoms with E-state index in [0.717, 1.165) is 11.1 Å². The first-order valence-corrected chi connectivity index (χ1v) is 7.38. The minimum absolute atomic E-state index is 0.174. The zero-order chi connectivity index (χ0) is 16.7. The standard InChI is InChI=1S/C18H21NO4/c1-18(13-20,11-14-7-9-16(21)10-8-14)19-17(22)23-12-15-5-3-2-4-6-15/h2-10,20-21H,11-13H2,1H3,(H,19,22). The molecule has 0 saturated heterocycles. The molecule has 0 heterocycles. The monoisotopic (exact) mass is 315 g/mol. The molecule has 0 spiro atoms. The van der Waals surface area contributed by atoms with Crippen LogP contribution in [0.1, 0.15) is 18.1 Å². The molecule has 0 aliphatic heterocycles. The second-order valence-electron chi connectivity index (χ2n) is 5.75. The van der Waals surface area contributed by atoms with E-state index < -0.39 is 11.6 Å². The number of carbonyl (C=O) groups is 1. The van der Waals surface area contributed by atoms with Crippen molar-refractivity contribution in [2.24, 2.45) is 0 Å². The molecule has 0 radical (unpaired) electrons. The van der Waals surface area contributed by atoms with Crippen molar-refractivity contribution in [3.8, 4) is 5.75 Å². The Bertz CT molecular complexity index is 627. The summed E-state index contributed by atoms with van der Waals surface area (Å²) in [7, 11) is 0. The Morgan fingerprint density at radius 3 is 2.35 bits per heavy atom. The normalized spacial score (nSPS) is 13.1. The van der Waals surface area contributed by atoms with Gasteiger partial charge in [-0.25, -0.2) is 4.79 Å². The largest absolute Gasteiger partial charge is 0.508 e. The maximum Gasteiger partial charge on any atom is 0.407 e. The van der Waals surface area contributed by atoms with Crippen molar-refractivity contribution in [3.05, 3.63) is 65.7 Å². The van der Waals surface area contributed by atoms with E-state index in [1.807, 2.05) is 30.3 Å². The predicted octanol–water partition coefficient (Wildman–Crippen LogP) is 2.61. The molecule has 122 valence electrons. The topological polar surface area (TPSA) is 78.8 Å². The Morgan fingerprint density at radius 2 is 1.74 bits per heavy atom. The summed E-state index contributed by atoms with van der Waals surface area (Å²) in [6, 6.07) is 16.0. The fraction of sp³-hybridized carbons (Fsp3) is 0.278. The quantitative estimate of drug-likeness (QED) is 0.765. The molecule has 1 atom stereocenters. The van der Waals surface area contributed by atoms with Gasteiger partial charge in [0.25, 0.3) is 0 Å². The van der Waals surface area contributed by atoms with Crippen molar-refractivity contribution in [2.45, 2.75) is 25.5 Å². The van der Waals surface area contributed by atoms with Crippen LogP contribution in [0.15, 0.2) is 54.6 Å². The minimum Gasteiger partial charge on any atom is -0.508 e. The number of aliphatic hydroxyl groups excluding tert-OH is 1. The van der Waals surface area contributed by atoms with Crippen LogP contribution in [0.2, 0.25) is 0 Å². The number of hydrogen-bond acceptors (Lipinski definition) is 4. The van der Waals surface area contributed by atoms with Gasteiger partial charge in [-0.1, -0.05) is 42.5 Å². The number of amides is 1. The molecule has 1 amide bonds. The number of ether oxygens (including phenoxy) is 1. The van der Waals surface area contributed by atoms with Crippen molar-refractivity contribution < 1.29 is 19.7 Å². The summed E-state index contributed by atoms with van der Waals surface area (Å²) in [5.41, 5.74) is 0.944. The van der Waals surface area contributed by atoms with Gasteiger partial charge in [-0.05, 0) is 36.6 Å². The van der Waals surface area contributed by atoms with Crippen LogP contribution in [0.4, 0.5) is 4.79 Å². The van der Waals surface area contributed by atoms with E-state index in [9.17, 15) is 15.0 Å². The molecule has 0 bridgehead atoms. The molecule has 0 aromatic heterocycles. The maximum atomic E-state index is 12.0. The number of aliphatic hydroxyl groups is 1. The van der Waals surface area contributed by atoms with Gasteiger partial charge in [0.05, 0.1) is 12.1 Å². The first-order valence-electron chi connectivity index (χ1n) is 7.38. The van der Waals surface area contributed by atoms with Crippen LogP contribution in [-0.4, -0.2) is 28.5 Å².